The normalized spacial score (nSPS) is 43.2. The third kappa shape index (κ3) is 2.63. The Hall–Kier alpha value is -2.23. The highest BCUT2D eigenvalue weighted by Crippen LogP contribution is 2.75. The summed E-state index contributed by atoms with van der Waals surface area (Å²) in [6.45, 7) is 17.3. The number of hydrogen-bond acceptors (Lipinski definition) is 4. The maximum Gasteiger partial charge on any atom is 0.186 e. The zero-order valence-electron chi connectivity index (χ0n) is 21.6. The van der Waals surface area contributed by atoms with Crippen LogP contribution in [0.2, 0.25) is 0 Å². The Labute approximate surface area is 203 Å². The molecule has 4 aliphatic rings. The number of hydrogen-bond donors (Lipinski definition) is 3. The molecule has 184 valence electrons. The molecular weight excluding hydrogens is 424 g/mol. The molecule has 0 aliphatic heterocycles. The summed E-state index contributed by atoms with van der Waals surface area (Å²) < 4.78 is 0. The van der Waals surface area contributed by atoms with Gasteiger partial charge in [-0.15, -0.1) is 0 Å². The molecule has 3 saturated carbocycles. The molecule has 4 nitrogen and oxygen atoms in total. The van der Waals surface area contributed by atoms with Crippen molar-refractivity contribution in [3.63, 3.8) is 0 Å². The van der Waals surface area contributed by atoms with Crippen LogP contribution in [0.4, 0.5) is 0 Å². The van der Waals surface area contributed by atoms with Gasteiger partial charge in [-0.3, -0.25) is 4.79 Å². The molecule has 4 aliphatic carbocycles. The number of allylic oxidation sites excluding steroid dienone is 3. The molecule has 0 heterocycles. The van der Waals surface area contributed by atoms with Crippen molar-refractivity contribution < 1.29 is 20.1 Å². The van der Waals surface area contributed by atoms with E-state index in [0.717, 1.165) is 50.5 Å². The first kappa shape index (κ1) is 23.5. The molecule has 0 unspecified atom stereocenters. The molecule has 1 aromatic rings. The van der Waals surface area contributed by atoms with Crippen molar-refractivity contribution >= 4 is 5.78 Å². The van der Waals surface area contributed by atoms with Crippen LogP contribution >= 0.6 is 0 Å². The number of aliphatic hydroxyl groups is 1. The van der Waals surface area contributed by atoms with Crippen molar-refractivity contribution in [1.82, 2.24) is 0 Å². The van der Waals surface area contributed by atoms with Gasteiger partial charge in [-0.25, -0.2) is 0 Å². The first-order valence-corrected chi connectivity index (χ1v) is 12.8. The molecule has 4 heteroatoms. The number of phenolic OH excluding ortho intramolecular Hbond substituents is 2. The van der Waals surface area contributed by atoms with Crippen molar-refractivity contribution in [2.24, 2.45) is 27.6 Å². The predicted octanol–water partition coefficient (Wildman–Crippen LogP) is 7.27. The van der Waals surface area contributed by atoms with Crippen LogP contribution in [-0.2, 0) is 5.41 Å². The Bertz CT molecular complexity index is 1160. The summed E-state index contributed by atoms with van der Waals surface area (Å²) in [6, 6.07) is 1.63. The summed E-state index contributed by atoms with van der Waals surface area (Å²) in [7, 11) is 0. The van der Waals surface area contributed by atoms with Crippen molar-refractivity contribution in [2.45, 2.75) is 91.9 Å². The van der Waals surface area contributed by atoms with E-state index in [-0.39, 0.29) is 44.4 Å². The van der Waals surface area contributed by atoms with Gasteiger partial charge in [-0.05, 0) is 97.3 Å². The van der Waals surface area contributed by atoms with Gasteiger partial charge in [0.05, 0.1) is 5.76 Å². The summed E-state index contributed by atoms with van der Waals surface area (Å²) in [5, 5.41) is 31.3. The fourth-order valence-corrected chi connectivity index (χ4v) is 8.79. The molecule has 5 rings (SSSR count). The van der Waals surface area contributed by atoms with Crippen LogP contribution in [0.25, 0.3) is 0 Å². The van der Waals surface area contributed by atoms with E-state index in [1.54, 1.807) is 13.0 Å². The molecule has 0 saturated heterocycles. The SMILES string of the molecule is C=C(O)[C@]1(C)CC[C@]2(C)CC[C@]3(C)C4=CC(=O)c5c(cc(O)c(O)c5C)[C@]4(C)CC[C@@]3(C)[C@@H]2C1. The van der Waals surface area contributed by atoms with Gasteiger partial charge in [0, 0.05) is 22.0 Å². The number of carbonyl (C=O) groups is 1. The highest BCUT2D eigenvalue weighted by molar-refractivity contribution is 6.10. The second-order valence-corrected chi connectivity index (χ2v) is 13.2. The number of rotatable bonds is 1. The van der Waals surface area contributed by atoms with E-state index >= 15 is 0 Å². The van der Waals surface area contributed by atoms with Gasteiger partial charge in [-0.1, -0.05) is 41.2 Å². The molecule has 0 amide bonds. The van der Waals surface area contributed by atoms with Gasteiger partial charge in [0.15, 0.2) is 17.3 Å². The number of carbonyl (C=O) groups excluding carboxylic acids is 1. The number of aromatic hydroxyl groups is 2. The fraction of sp³-hybridized carbons (Fsp3) is 0.633. The topological polar surface area (TPSA) is 77.8 Å². The lowest BCUT2D eigenvalue weighted by Gasteiger charge is -2.70. The van der Waals surface area contributed by atoms with Crippen LogP contribution < -0.4 is 0 Å². The summed E-state index contributed by atoms with van der Waals surface area (Å²) in [6.07, 6.45) is 8.89. The van der Waals surface area contributed by atoms with Crippen LogP contribution in [-0.4, -0.2) is 21.1 Å². The molecule has 0 aromatic heterocycles. The largest absolute Gasteiger partial charge is 0.512 e. The van der Waals surface area contributed by atoms with Gasteiger partial charge < -0.3 is 15.3 Å². The molecule has 1 aromatic carbocycles. The van der Waals surface area contributed by atoms with Gasteiger partial charge in [0.25, 0.3) is 0 Å². The molecule has 0 radical (unpaired) electrons. The third-order valence-electron chi connectivity index (χ3n) is 11.6. The predicted molar refractivity (Wildman–Crippen MR) is 134 cm³/mol. The van der Waals surface area contributed by atoms with E-state index in [4.69, 9.17) is 0 Å². The average molecular weight is 465 g/mol. The highest BCUT2D eigenvalue weighted by atomic mass is 16.3. The van der Waals surface area contributed by atoms with Crippen LogP contribution in [0.5, 0.6) is 11.5 Å². The van der Waals surface area contributed by atoms with Crippen molar-refractivity contribution in [3.05, 3.63) is 46.7 Å². The standard InChI is InChI=1S/C30H40O4/c1-17-24-19(14-21(33)25(17)34)28(5)11-13-30(7)23-16-27(4,18(2)31)9-8-26(23,3)10-12-29(30,6)22(28)15-20(24)32/h14-15,23,31,33-34H,2,8-13,16H2,1,3-7H3/t23-,26-,27-,28+,29-,30+/m1/s1. The minimum Gasteiger partial charge on any atom is -0.512 e. The van der Waals surface area contributed by atoms with E-state index in [9.17, 15) is 20.1 Å². The molecule has 0 spiro atoms. The number of fused-ring (bicyclic) bond motifs is 7. The van der Waals surface area contributed by atoms with Gasteiger partial charge in [0.1, 0.15) is 0 Å². The highest BCUT2D eigenvalue weighted by Gasteiger charge is 2.67. The van der Waals surface area contributed by atoms with E-state index in [1.165, 1.54) is 5.57 Å². The molecule has 34 heavy (non-hydrogen) atoms. The molecule has 3 fully saturated rings. The zero-order chi connectivity index (χ0) is 25.1. The van der Waals surface area contributed by atoms with E-state index in [1.807, 2.05) is 6.08 Å². The quantitative estimate of drug-likeness (QED) is 0.302. The third-order valence-corrected chi connectivity index (χ3v) is 11.6. The van der Waals surface area contributed by atoms with E-state index in [0.29, 0.717) is 22.8 Å². The van der Waals surface area contributed by atoms with Crippen molar-refractivity contribution in [2.75, 3.05) is 0 Å². The Kier molecular flexibility index (Phi) is 4.64. The maximum absolute atomic E-state index is 13.5. The lowest BCUT2D eigenvalue weighted by molar-refractivity contribution is -0.157. The molecule has 0 bridgehead atoms. The number of ketones is 1. The van der Waals surface area contributed by atoms with Crippen LogP contribution in [0.3, 0.4) is 0 Å². The van der Waals surface area contributed by atoms with Crippen LogP contribution in [0, 0.1) is 34.5 Å². The Morgan fingerprint density at radius 1 is 1.00 bits per heavy atom. The average Bonchev–Trinajstić information content (AvgIpc) is 2.77. The fourth-order valence-electron chi connectivity index (χ4n) is 8.79. The first-order chi connectivity index (χ1) is 15.6. The molecule has 6 atom stereocenters. The zero-order valence-corrected chi connectivity index (χ0v) is 21.6. The lowest BCUT2D eigenvalue weighted by Crippen LogP contribution is -2.62. The summed E-state index contributed by atoms with van der Waals surface area (Å²) in [5.74, 6) is 0.312. The monoisotopic (exact) mass is 464 g/mol. The molecule has 3 N–H and O–H groups in total. The Morgan fingerprint density at radius 2 is 1.65 bits per heavy atom. The second-order valence-electron chi connectivity index (χ2n) is 13.2. The van der Waals surface area contributed by atoms with E-state index < -0.39 is 0 Å². The van der Waals surface area contributed by atoms with Gasteiger partial charge >= 0.3 is 0 Å². The number of benzene rings is 1. The van der Waals surface area contributed by atoms with Gasteiger partial charge in [-0.2, -0.15) is 0 Å². The number of aliphatic hydroxyl groups excluding tert-OH is 1. The minimum atomic E-state index is -0.361. The van der Waals surface area contributed by atoms with Crippen molar-refractivity contribution in [1.29, 1.82) is 0 Å². The van der Waals surface area contributed by atoms with Crippen LogP contribution in [0.1, 0.15) is 101 Å². The smallest absolute Gasteiger partial charge is 0.186 e. The molecular formula is C30H40O4. The minimum absolute atomic E-state index is 0.0196. The first-order valence-electron chi connectivity index (χ1n) is 12.8. The summed E-state index contributed by atoms with van der Waals surface area (Å²) >= 11 is 0. The lowest BCUT2D eigenvalue weighted by atomic mass is 9.34. The van der Waals surface area contributed by atoms with Crippen LogP contribution in [0.15, 0.2) is 30.1 Å². The Balaban J connectivity index is 1.67. The van der Waals surface area contributed by atoms with E-state index in [2.05, 4.69) is 41.2 Å². The number of phenols is 2. The summed E-state index contributed by atoms with van der Waals surface area (Å²) in [4.78, 5) is 13.5. The Morgan fingerprint density at radius 3 is 2.29 bits per heavy atom. The second kappa shape index (κ2) is 6.71. The van der Waals surface area contributed by atoms with Crippen molar-refractivity contribution in [3.8, 4) is 11.5 Å². The summed E-state index contributed by atoms with van der Waals surface area (Å²) in [5.41, 5.74) is 2.46. The maximum atomic E-state index is 13.5. The van der Waals surface area contributed by atoms with Gasteiger partial charge in [0.2, 0.25) is 0 Å².